The minimum Gasteiger partial charge on any atom is -0.421 e. The Hall–Kier alpha value is -2.81. The van der Waals surface area contributed by atoms with Crippen LogP contribution >= 0.6 is 0 Å². The normalized spacial score (nSPS) is 26.7. The summed E-state index contributed by atoms with van der Waals surface area (Å²) in [5.41, 5.74) is 0.269. The molecule has 30 heavy (non-hydrogen) atoms. The fraction of sp³-hybridized carbons (Fsp3) is 0.524. The number of amides is 2. The lowest BCUT2D eigenvalue weighted by Crippen LogP contribution is -2.58. The highest BCUT2D eigenvalue weighted by Crippen LogP contribution is 2.29. The van der Waals surface area contributed by atoms with Crippen LogP contribution in [0.3, 0.4) is 0 Å². The number of hydrogen-bond donors (Lipinski definition) is 2. The molecule has 3 heterocycles. The van der Waals surface area contributed by atoms with Crippen LogP contribution in [0.25, 0.3) is 11.5 Å². The van der Waals surface area contributed by atoms with Gasteiger partial charge < -0.3 is 15.1 Å². The van der Waals surface area contributed by atoms with Crippen LogP contribution in [-0.2, 0) is 16.0 Å². The molecule has 0 bridgehead atoms. The van der Waals surface area contributed by atoms with Crippen LogP contribution < -0.4 is 10.6 Å². The van der Waals surface area contributed by atoms with Crippen molar-refractivity contribution in [2.24, 2.45) is 5.92 Å². The number of carbonyl (C=O) groups is 2. The van der Waals surface area contributed by atoms with Crippen LogP contribution in [0.15, 0.2) is 28.7 Å². The van der Waals surface area contributed by atoms with Crippen LogP contribution in [-0.4, -0.2) is 58.1 Å². The van der Waals surface area contributed by atoms with Gasteiger partial charge in [-0.3, -0.25) is 14.5 Å². The van der Waals surface area contributed by atoms with Gasteiger partial charge in [-0.05, 0) is 31.4 Å². The van der Waals surface area contributed by atoms with E-state index in [0.717, 1.165) is 19.3 Å². The predicted octanol–water partition coefficient (Wildman–Crippen LogP) is 1.28. The van der Waals surface area contributed by atoms with E-state index >= 15 is 0 Å². The lowest BCUT2D eigenvalue weighted by molar-refractivity contribution is -0.129. The number of benzene rings is 1. The first-order chi connectivity index (χ1) is 14.6. The molecule has 2 saturated heterocycles. The molecule has 158 valence electrons. The van der Waals surface area contributed by atoms with Gasteiger partial charge in [0.15, 0.2) is 0 Å². The molecule has 2 amide bonds. The summed E-state index contributed by atoms with van der Waals surface area (Å²) in [6, 6.07) is 5.94. The average Bonchev–Trinajstić information content (AvgIpc) is 3.30. The van der Waals surface area contributed by atoms with Crippen molar-refractivity contribution in [3.63, 3.8) is 0 Å². The molecule has 3 atom stereocenters. The van der Waals surface area contributed by atoms with Crippen LogP contribution in [0, 0.1) is 11.7 Å². The summed E-state index contributed by atoms with van der Waals surface area (Å²) < 4.78 is 19.7. The van der Waals surface area contributed by atoms with Crippen LogP contribution in [0.2, 0.25) is 0 Å². The molecule has 8 nitrogen and oxygen atoms in total. The summed E-state index contributed by atoms with van der Waals surface area (Å²) in [7, 11) is 0. The number of piperazine rings is 1. The van der Waals surface area contributed by atoms with Gasteiger partial charge in [-0.1, -0.05) is 18.6 Å². The van der Waals surface area contributed by atoms with Gasteiger partial charge in [0.2, 0.25) is 17.7 Å². The smallest absolute Gasteiger partial charge is 0.250 e. The number of fused-ring (bicyclic) bond motifs is 1. The minimum absolute atomic E-state index is 0.00998. The highest BCUT2D eigenvalue weighted by molar-refractivity contribution is 5.84. The molecule has 2 N–H and O–H groups in total. The molecule has 2 aromatic rings. The standard InChI is InChI=1S/C21H24FN5O3/c22-16-7-2-1-6-15(16)21-26-25-18(30-21)9-14-10-23-20(29)17-8-13(11-27(14)17)24-19(28)12-4-3-5-12/h1-2,6-7,12-14,17H,3-5,8-11H2,(H,23,29)(H,24,28)/t13-,14+,17-/m0/s1. The molecule has 0 spiro atoms. The Kier molecular flexibility index (Phi) is 4.98. The average molecular weight is 413 g/mol. The van der Waals surface area contributed by atoms with E-state index in [9.17, 15) is 14.0 Å². The van der Waals surface area contributed by atoms with Gasteiger partial charge in [0.25, 0.3) is 5.89 Å². The molecule has 9 heteroatoms. The van der Waals surface area contributed by atoms with E-state index in [1.807, 2.05) is 0 Å². The maximum atomic E-state index is 14.0. The number of hydrogen-bond acceptors (Lipinski definition) is 6. The Bertz CT molecular complexity index is 960. The third kappa shape index (κ3) is 3.58. The fourth-order valence-electron chi connectivity index (χ4n) is 4.54. The second kappa shape index (κ2) is 7.79. The van der Waals surface area contributed by atoms with Gasteiger partial charge in [0, 0.05) is 37.5 Å². The molecule has 3 fully saturated rings. The summed E-state index contributed by atoms with van der Waals surface area (Å²) in [5.74, 6) is 0.352. The van der Waals surface area contributed by atoms with Crippen LogP contribution in [0.1, 0.15) is 31.6 Å². The summed E-state index contributed by atoms with van der Waals surface area (Å²) in [5, 5.41) is 14.1. The molecule has 2 aliphatic heterocycles. The first-order valence-electron chi connectivity index (χ1n) is 10.5. The first kappa shape index (κ1) is 19.2. The highest BCUT2D eigenvalue weighted by atomic mass is 19.1. The van der Waals surface area contributed by atoms with Crippen molar-refractivity contribution in [3.8, 4) is 11.5 Å². The predicted molar refractivity (Wildman–Crippen MR) is 105 cm³/mol. The molecule has 3 aliphatic rings. The summed E-state index contributed by atoms with van der Waals surface area (Å²) in [6.45, 7) is 1.09. The Morgan fingerprint density at radius 3 is 2.90 bits per heavy atom. The zero-order chi connectivity index (χ0) is 20.7. The van der Waals surface area contributed by atoms with E-state index in [0.29, 0.717) is 31.8 Å². The lowest BCUT2D eigenvalue weighted by atomic mass is 9.84. The first-order valence-corrected chi connectivity index (χ1v) is 10.5. The van der Waals surface area contributed by atoms with Crippen LogP contribution in [0.4, 0.5) is 4.39 Å². The molecule has 0 unspecified atom stereocenters. The SMILES string of the molecule is O=C(N[C@H]1C[C@H]2C(=O)NC[C@@H](Cc3nnc(-c4ccccc4F)o3)N2C1)C1CCC1. The van der Waals surface area contributed by atoms with Gasteiger partial charge in [-0.2, -0.15) is 0 Å². The van der Waals surface area contributed by atoms with E-state index in [1.165, 1.54) is 6.07 Å². The third-order valence-corrected chi connectivity index (χ3v) is 6.43. The second-order valence-electron chi connectivity index (χ2n) is 8.37. The second-order valence-corrected chi connectivity index (χ2v) is 8.37. The Morgan fingerprint density at radius 2 is 2.13 bits per heavy atom. The van der Waals surface area contributed by atoms with Crippen molar-refractivity contribution < 1.29 is 18.4 Å². The van der Waals surface area contributed by atoms with Gasteiger partial charge in [0.05, 0.1) is 11.6 Å². The van der Waals surface area contributed by atoms with E-state index in [4.69, 9.17) is 4.42 Å². The number of halogens is 1. The molecule has 0 radical (unpaired) electrons. The Balaban J connectivity index is 1.27. The van der Waals surface area contributed by atoms with Gasteiger partial charge in [-0.15, -0.1) is 10.2 Å². The topological polar surface area (TPSA) is 100 Å². The molecule has 1 aromatic carbocycles. The molecule has 1 aliphatic carbocycles. The lowest BCUT2D eigenvalue weighted by Gasteiger charge is -2.36. The molecular weight excluding hydrogens is 389 g/mol. The third-order valence-electron chi connectivity index (χ3n) is 6.43. The van der Waals surface area contributed by atoms with Crippen molar-refractivity contribution in [3.05, 3.63) is 36.0 Å². The fourth-order valence-corrected chi connectivity index (χ4v) is 4.54. The van der Waals surface area contributed by atoms with E-state index in [1.54, 1.807) is 18.2 Å². The molecule has 1 aromatic heterocycles. The Labute approximate surface area is 173 Å². The maximum absolute atomic E-state index is 14.0. The summed E-state index contributed by atoms with van der Waals surface area (Å²) in [6.07, 6.45) is 4.07. The highest BCUT2D eigenvalue weighted by Gasteiger charge is 2.44. The number of carbonyl (C=O) groups excluding carboxylic acids is 2. The zero-order valence-corrected chi connectivity index (χ0v) is 16.5. The van der Waals surface area contributed by atoms with Crippen molar-refractivity contribution >= 4 is 11.8 Å². The summed E-state index contributed by atoms with van der Waals surface area (Å²) >= 11 is 0. The molecular formula is C21H24FN5O3. The minimum atomic E-state index is -0.415. The van der Waals surface area contributed by atoms with Gasteiger partial charge in [-0.25, -0.2) is 4.39 Å². The van der Waals surface area contributed by atoms with E-state index in [-0.39, 0.29) is 47.3 Å². The maximum Gasteiger partial charge on any atom is 0.250 e. The van der Waals surface area contributed by atoms with Crippen molar-refractivity contribution in [2.45, 2.75) is 50.2 Å². The monoisotopic (exact) mass is 413 g/mol. The van der Waals surface area contributed by atoms with E-state index < -0.39 is 5.82 Å². The largest absolute Gasteiger partial charge is 0.421 e. The molecule has 1 saturated carbocycles. The number of aromatic nitrogens is 2. The number of rotatable bonds is 5. The molecule has 5 rings (SSSR count). The van der Waals surface area contributed by atoms with Gasteiger partial charge >= 0.3 is 0 Å². The summed E-state index contributed by atoms with van der Waals surface area (Å²) in [4.78, 5) is 26.8. The number of nitrogens with zero attached hydrogens (tertiary/aromatic N) is 3. The van der Waals surface area contributed by atoms with Gasteiger partial charge in [0.1, 0.15) is 5.82 Å². The Morgan fingerprint density at radius 1 is 1.30 bits per heavy atom. The van der Waals surface area contributed by atoms with Crippen molar-refractivity contribution in [2.75, 3.05) is 13.1 Å². The quantitative estimate of drug-likeness (QED) is 0.766. The zero-order valence-electron chi connectivity index (χ0n) is 16.5. The van der Waals surface area contributed by atoms with Crippen molar-refractivity contribution in [1.82, 2.24) is 25.7 Å². The van der Waals surface area contributed by atoms with Crippen LogP contribution in [0.5, 0.6) is 0 Å². The van der Waals surface area contributed by atoms with E-state index in [2.05, 4.69) is 25.7 Å². The number of nitrogens with one attached hydrogen (secondary N) is 2. The van der Waals surface area contributed by atoms with Crippen molar-refractivity contribution in [1.29, 1.82) is 0 Å².